The molecule has 0 N–H and O–H groups in total. The molecule has 0 aromatic heterocycles. The molecule has 0 bridgehead atoms. The van der Waals surface area contributed by atoms with Crippen molar-refractivity contribution in [3.05, 3.63) is 0 Å². The van der Waals surface area contributed by atoms with E-state index >= 15 is 0 Å². The maximum absolute atomic E-state index is 10.4. The van der Waals surface area contributed by atoms with Gasteiger partial charge in [0, 0.05) is 0 Å². The first-order valence-electron chi connectivity index (χ1n) is 15.7. The molecule has 0 saturated carbocycles. The quantitative estimate of drug-likeness (QED) is 0.164. The second kappa shape index (κ2) is 43.8. The summed E-state index contributed by atoms with van der Waals surface area (Å²) in [6.45, 7) is 17.5. The zero-order chi connectivity index (χ0) is 28.5. The van der Waals surface area contributed by atoms with Crippen molar-refractivity contribution in [1.82, 2.24) is 0 Å². The summed E-state index contributed by atoms with van der Waals surface area (Å²) in [5.41, 5.74) is 0. The largest absolute Gasteiger partial charge is 4.00 e. The van der Waals surface area contributed by atoms with Gasteiger partial charge >= 0.3 is 26.2 Å². The average molecular weight is 608 g/mol. The van der Waals surface area contributed by atoms with Gasteiger partial charge < -0.3 is 20.4 Å². The summed E-state index contributed by atoms with van der Waals surface area (Å²) in [5, 5.41) is 41.5. The molecule has 0 fully saturated rings. The van der Waals surface area contributed by atoms with Crippen LogP contribution in [0.25, 0.3) is 0 Å². The Bertz CT molecular complexity index is 265. The van der Waals surface area contributed by atoms with Crippen molar-refractivity contribution in [3.8, 4) is 0 Å². The monoisotopic (exact) mass is 606 g/mol. The Balaban J connectivity index is -0.000000122. The maximum atomic E-state index is 10.4. The van der Waals surface area contributed by atoms with Gasteiger partial charge in [-0.05, 0) is 0 Å². The first kappa shape index (κ1) is 47.5. The molecule has 37 heavy (non-hydrogen) atoms. The van der Waals surface area contributed by atoms with Gasteiger partial charge in [-0.25, -0.2) is 0 Å². The first-order chi connectivity index (χ1) is 17.4. The molecular formula is C32H68O4Zr. The van der Waals surface area contributed by atoms with Crippen LogP contribution in [0.4, 0.5) is 0 Å². The third kappa shape index (κ3) is 41.3. The molecule has 0 radical (unpaired) electrons. The van der Waals surface area contributed by atoms with E-state index in [1.54, 1.807) is 0 Å². The molecule has 224 valence electrons. The van der Waals surface area contributed by atoms with E-state index in [4.69, 9.17) is 0 Å². The van der Waals surface area contributed by atoms with Crippen LogP contribution in [0.3, 0.4) is 0 Å². The fraction of sp³-hybridized carbons (Fsp3) is 1.00. The van der Waals surface area contributed by atoms with Gasteiger partial charge in [-0.1, -0.05) is 182 Å². The Kier molecular flexibility index (Phi) is 56.2. The van der Waals surface area contributed by atoms with Gasteiger partial charge in [0.25, 0.3) is 0 Å². The van der Waals surface area contributed by atoms with Crippen LogP contribution in [-0.4, -0.2) is 26.4 Å². The first-order valence-corrected chi connectivity index (χ1v) is 15.7. The van der Waals surface area contributed by atoms with Crippen LogP contribution in [0.5, 0.6) is 0 Å². The Morgan fingerprint density at radius 3 is 0.595 bits per heavy atom. The van der Waals surface area contributed by atoms with Crippen LogP contribution in [0.2, 0.25) is 0 Å². The molecule has 0 amide bonds. The zero-order valence-electron chi connectivity index (χ0n) is 26.6. The number of rotatable bonds is 20. The van der Waals surface area contributed by atoms with E-state index in [0.717, 1.165) is 51.4 Å². The second-order valence-electron chi connectivity index (χ2n) is 10.3. The molecule has 4 atom stereocenters. The predicted octanol–water partition coefficient (Wildman–Crippen LogP) is 6.25. The summed E-state index contributed by atoms with van der Waals surface area (Å²) in [5.74, 6) is 1.80. The summed E-state index contributed by atoms with van der Waals surface area (Å²) in [6, 6.07) is 0. The molecule has 0 aliphatic rings. The number of hydrogen-bond acceptors (Lipinski definition) is 4. The van der Waals surface area contributed by atoms with Crippen molar-refractivity contribution in [1.29, 1.82) is 0 Å². The predicted molar refractivity (Wildman–Crippen MR) is 153 cm³/mol. The van der Waals surface area contributed by atoms with Crippen molar-refractivity contribution in [3.63, 3.8) is 0 Å². The van der Waals surface area contributed by atoms with Gasteiger partial charge in [0.15, 0.2) is 0 Å². The molecule has 0 saturated heterocycles. The van der Waals surface area contributed by atoms with Crippen LogP contribution in [-0.2, 0) is 26.2 Å². The molecule has 0 aromatic carbocycles. The SMILES string of the molecule is CCCCC(CC)C[O-].CCCCC(CC)C[O-].CCCCC(CC)C[O-].CCCCC(CC)C[O-].[Zr+4]. The molecule has 0 aliphatic carbocycles. The molecule has 0 aliphatic heterocycles. The fourth-order valence-electron chi connectivity index (χ4n) is 3.59. The molecule has 4 unspecified atom stereocenters. The van der Waals surface area contributed by atoms with Crippen molar-refractivity contribution >= 4 is 0 Å². The van der Waals surface area contributed by atoms with Gasteiger partial charge in [-0.2, -0.15) is 0 Å². The van der Waals surface area contributed by atoms with E-state index in [-0.39, 0.29) is 52.6 Å². The van der Waals surface area contributed by atoms with E-state index in [0.29, 0.717) is 23.7 Å². The van der Waals surface area contributed by atoms with Gasteiger partial charge in [-0.15, -0.1) is 26.4 Å². The summed E-state index contributed by atoms with van der Waals surface area (Å²) >= 11 is 0. The zero-order valence-corrected chi connectivity index (χ0v) is 29.0. The normalized spacial score (nSPS) is 13.3. The third-order valence-corrected chi connectivity index (χ3v) is 7.12. The molecule has 0 spiro atoms. The number of hydrogen-bond donors (Lipinski definition) is 0. The molecule has 0 heterocycles. The van der Waals surface area contributed by atoms with E-state index in [9.17, 15) is 20.4 Å². The average Bonchev–Trinajstić information content (AvgIpc) is 2.92. The molecule has 0 rings (SSSR count). The molecule has 5 heteroatoms. The Hall–Kier alpha value is 0.723. The molecule has 0 aromatic rings. The van der Waals surface area contributed by atoms with E-state index in [1.807, 2.05) is 0 Å². The van der Waals surface area contributed by atoms with E-state index in [2.05, 4.69) is 55.4 Å². The minimum Gasteiger partial charge on any atom is -0.854 e. The topological polar surface area (TPSA) is 92.2 Å². The Morgan fingerprint density at radius 2 is 0.514 bits per heavy atom. The summed E-state index contributed by atoms with van der Waals surface area (Å²) in [7, 11) is 0. The van der Waals surface area contributed by atoms with Crippen LogP contribution >= 0.6 is 0 Å². The van der Waals surface area contributed by atoms with Crippen molar-refractivity contribution in [2.75, 3.05) is 26.4 Å². The molecule has 4 nitrogen and oxygen atoms in total. The van der Waals surface area contributed by atoms with Gasteiger partial charge in [0.2, 0.25) is 0 Å². The Labute approximate surface area is 253 Å². The van der Waals surface area contributed by atoms with Crippen molar-refractivity contribution in [2.24, 2.45) is 23.7 Å². The fourth-order valence-corrected chi connectivity index (χ4v) is 3.59. The van der Waals surface area contributed by atoms with Gasteiger partial charge in [0.1, 0.15) is 0 Å². The second-order valence-corrected chi connectivity index (χ2v) is 10.3. The van der Waals surface area contributed by atoms with E-state index < -0.39 is 0 Å². The van der Waals surface area contributed by atoms with Crippen LogP contribution in [0.1, 0.15) is 158 Å². The maximum Gasteiger partial charge on any atom is 4.00 e. The van der Waals surface area contributed by atoms with Crippen LogP contribution in [0, 0.1) is 23.7 Å². The Morgan fingerprint density at radius 1 is 0.351 bits per heavy atom. The standard InChI is InChI=1S/4C8H17O.Zr/c4*1-3-5-6-8(4-2)7-9;/h4*8H,3-7H2,1-2H3;/q4*-1;+4. The number of unbranched alkanes of at least 4 members (excludes halogenated alkanes) is 4. The minimum absolute atomic E-state index is 0. The molecular weight excluding hydrogens is 540 g/mol. The minimum atomic E-state index is 0. The van der Waals surface area contributed by atoms with E-state index in [1.165, 1.54) is 51.4 Å². The smallest absolute Gasteiger partial charge is 0.854 e. The summed E-state index contributed by atoms with van der Waals surface area (Å²) < 4.78 is 0. The van der Waals surface area contributed by atoms with Crippen molar-refractivity contribution in [2.45, 2.75) is 158 Å². The van der Waals surface area contributed by atoms with Crippen LogP contribution < -0.4 is 20.4 Å². The van der Waals surface area contributed by atoms with Gasteiger partial charge in [0.05, 0.1) is 0 Å². The summed E-state index contributed by atoms with van der Waals surface area (Å²) in [4.78, 5) is 0. The summed E-state index contributed by atoms with van der Waals surface area (Å²) in [6.07, 6.45) is 18.5. The third-order valence-electron chi connectivity index (χ3n) is 7.12. The van der Waals surface area contributed by atoms with Crippen molar-refractivity contribution < 1.29 is 46.6 Å². The van der Waals surface area contributed by atoms with Gasteiger partial charge in [-0.3, -0.25) is 0 Å². The van der Waals surface area contributed by atoms with Crippen LogP contribution in [0.15, 0.2) is 0 Å².